The van der Waals surface area contributed by atoms with E-state index >= 15 is 0 Å². The Morgan fingerprint density at radius 3 is 2.70 bits per heavy atom. The topological polar surface area (TPSA) is 80.3 Å². The van der Waals surface area contributed by atoms with Crippen molar-refractivity contribution in [2.45, 2.75) is 0 Å². The Morgan fingerprint density at radius 1 is 1.19 bits per heavy atom. The number of carbonyl (C=O) groups is 2. The number of nitrogens with zero attached hydrogens (tertiary/aromatic N) is 1. The van der Waals surface area contributed by atoms with E-state index in [1.165, 1.54) is 7.11 Å². The van der Waals surface area contributed by atoms with Crippen LogP contribution in [0.5, 0.6) is 0 Å². The molecule has 2 N–H and O–H groups in total. The summed E-state index contributed by atoms with van der Waals surface area (Å²) < 4.78 is 4.79. The second-order valence-corrected chi connectivity index (χ2v) is 6.49. The van der Waals surface area contributed by atoms with Gasteiger partial charge in [0.1, 0.15) is 0 Å². The van der Waals surface area contributed by atoms with E-state index in [1.807, 2.05) is 0 Å². The number of fused-ring (bicyclic) bond motifs is 1. The molecule has 2 aromatic carbocycles. The second kappa shape index (κ2) is 8.24. The molecule has 0 aliphatic rings. The number of amides is 1. The molecule has 138 valence electrons. The van der Waals surface area contributed by atoms with E-state index in [0.717, 1.165) is 0 Å². The zero-order chi connectivity index (χ0) is 19.4. The first-order valence-electron chi connectivity index (χ1n) is 7.93. The number of anilines is 2. The van der Waals surface area contributed by atoms with Crippen molar-refractivity contribution in [2.24, 2.45) is 0 Å². The van der Waals surface area contributed by atoms with Gasteiger partial charge in [-0.2, -0.15) is 0 Å². The highest BCUT2D eigenvalue weighted by molar-refractivity contribution is 6.39. The molecule has 1 aromatic heterocycles. The molecule has 0 saturated heterocycles. The van der Waals surface area contributed by atoms with Crippen molar-refractivity contribution < 1.29 is 14.3 Å². The summed E-state index contributed by atoms with van der Waals surface area (Å²) in [6, 6.07) is 9.97. The molecule has 3 rings (SSSR count). The van der Waals surface area contributed by atoms with Crippen LogP contribution in [0.3, 0.4) is 0 Å². The van der Waals surface area contributed by atoms with E-state index in [4.69, 9.17) is 27.9 Å². The maximum absolute atomic E-state index is 12.2. The van der Waals surface area contributed by atoms with E-state index in [0.29, 0.717) is 37.8 Å². The summed E-state index contributed by atoms with van der Waals surface area (Å²) in [6.07, 6.45) is 3.16. The maximum atomic E-state index is 12.2. The van der Waals surface area contributed by atoms with Crippen LogP contribution in [0.15, 0.2) is 48.8 Å². The van der Waals surface area contributed by atoms with Crippen molar-refractivity contribution in [2.75, 3.05) is 24.3 Å². The first kappa shape index (κ1) is 18.9. The van der Waals surface area contributed by atoms with Crippen LogP contribution < -0.4 is 10.6 Å². The number of ether oxygens (including phenoxy) is 1. The number of halogens is 2. The minimum absolute atomic E-state index is 0.0342. The third kappa shape index (κ3) is 4.48. The lowest BCUT2D eigenvalue weighted by molar-refractivity contribution is -0.114. The summed E-state index contributed by atoms with van der Waals surface area (Å²) in [7, 11) is 1.30. The summed E-state index contributed by atoms with van der Waals surface area (Å²) in [4.78, 5) is 28.1. The van der Waals surface area contributed by atoms with Crippen LogP contribution in [-0.2, 0) is 9.53 Å². The molecule has 1 amide bonds. The minimum atomic E-state index is -0.504. The Bertz CT molecular complexity index is 1010. The molecule has 0 fully saturated rings. The number of esters is 1. The SMILES string of the molecule is COC(=O)c1cc(NCC(=O)Nc2cccnc2)c2c(Cl)cc(Cl)cc2c1. The molecule has 8 heteroatoms. The lowest BCUT2D eigenvalue weighted by atomic mass is 10.0. The number of pyridine rings is 1. The molecule has 0 saturated carbocycles. The van der Waals surface area contributed by atoms with Crippen molar-refractivity contribution in [1.29, 1.82) is 0 Å². The average molecular weight is 404 g/mol. The van der Waals surface area contributed by atoms with Gasteiger partial charge in [-0.3, -0.25) is 9.78 Å². The fourth-order valence-corrected chi connectivity index (χ4v) is 3.23. The number of hydrogen-bond acceptors (Lipinski definition) is 5. The van der Waals surface area contributed by atoms with Crippen LogP contribution in [0.2, 0.25) is 10.0 Å². The zero-order valence-electron chi connectivity index (χ0n) is 14.3. The van der Waals surface area contributed by atoms with Crippen molar-refractivity contribution in [3.63, 3.8) is 0 Å². The third-order valence-corrected chi connectivity index (χ3v) is 4.29. The molecular weight excluding hydrogens is 389 g/mol. The summed E-state index contributed by atoms with van der Waals surface area (Å²) in [5.41, 5.74) is 1.43. The van der Waals surface area contributed by atoms with Gasteiger partial charge in [-0.05, 0) is 41.8 Å². The van der Waals surface area contributed by atoms with Crippen molar-refractivity contribution in [3.05, 3.63) is 64.4 Å². The van der Waals surface area contributed by atoms with Gasteiger partial charge in [0, 0.05) is 22.3 Å². The van der Waals surface area contributed by atoms with Crippen LogP contribution >= 0.6 is 23.2 Å². The lowest BCUT2D eigenvalue weighted by Crippen LogP contribution is -2.22. The fourth-order valence-electron chi connectivity index (χ4n) is 2.62. The predicted molar refractivity (Wildman–Crippen MR) is 107 cm³/mol. The smallest absolute Gasteiger partial charge is 0.337 e. The van der Waals surface area contributed by atoms with Crippen molar-refractivity contribution in [3.8, 4) is 0 Å². The lowest BCUT2D eigenvalue weighted by Gasteiger charge is -2.13. The molecule has 0 bridgehead atoms. The van der Waals surface area contributed by atoms with Gasteiger partial charge in [0.05, 0.1) is 36.1 Å². The molecule has 6 nitrogen and oxygen atoms in total. The van der Waals surface area contributed by atoms with Gasteiger partial charge >= 0.3 is 5.97 Å². The quantitative estimate of drug-likeness (QED) is 0.617. The van der Waals surface area contributed by atoms with Gasteiger partial charge in [0.15, 0.2) is 0 Å². The van der Waals surface area contributed by atoms with Crippen LogP contribution in [0, 0.1) is 0 Å². The summed E-state index contributed by atoms with van der Waals surface area (Å²) >= 11 is 12.4. The molecular formula is C19H15Cl2N3O3. The highest BCUT2D eigenvalue weighted by atomic mass is 35.5. The summed E-state index contributed by atoms with van der Waals surface area (Å²) in [5.74, 6) is -0.777. The van der Waals surface area contributed by atoms with E-state index < -0.39 is 5.97 Å². The first-order chi connectivity index (χ1) is 13.0. The molecule has 0 radical (unpaired) electrons. The molecule has 0 atom stereocenters. The van der Waals surface area contributed by atoms with Gasteiger partial charge in [-0.25, -0.2) is 4.79 Å². The minimum Gasteiger partial charge on any atom is -0.465 e. The number of aromatic nitrogens is 1. The molecule has 0 unspecified atom stereocenters. The van der Waals surface area contributed by atoms with Crippen molar-refractivity contribution >= 4 is 57.2 Å². The Balaban J connectivity index is 1.90. The summed E-state index contributed by atoms with van der Waals surface area (Å²) in [5, 5.41) is 7.90. The van der Waals surface area contributed by atoms with Crippen LogP contribution in [0.1, 0.15) is 10.4 Å². The number of rotatable bonds is 5. The highest BCUT2D eigenvalue weighted by Gasteiger charge is 2.14. The van der Waals surface area contributed by atoms with E-state index in [2.05, 4.69) is 15.6 Å². The molecule has 3 aromatic rings. The van der Waals surface area contributed by atoms with Gasteiger partial charge in [-0.1, -0.05) is 23.2 Å². The predicted octanol–water partition coefficient (Wildman–Crippen LogP) is 4.38. The summed E-state index contributed by atoms with van der Waals surface area (Å²) in [6.45, 7) is -0.0342. The number of nitrogens with one attached hydrogen (secondary N) is 2. The van der Waals surface area contributed by atoms with E-state index in [9.17, 15) is 9.59 Å². The Hall–Kier alpha value is -2.83. The van der Waals surface area contributed by atoms with Crippen molar-refractivity contribution in [1.82, 2.24) is 4.98 Å². The molecule has 0 spiro atoms. The third-order valence-electron chi connectivity index (χ3n) is 3.77. The second-order valence-electron chi connectivity index (χ2n) is 5.64. The number of hydrogen-bond donors (Lipinski definition) is 2. The monoisotopic (exact) mass is 403 g/mol. The normalized spacial score (nSPS) is 10.5. The largest absolute Gasteiger partial charge is 0.465 e. The van der Waals surface area contributed by atoms with Crippen LogP contribution in [0.4, 0.5) is 11.4 Å². The number of benzene rings is 2. The average Bonchev–Trinajstić information content (AvgIpc) is 2.65. The maximum Gasteiger partial charge on any atom is 0.337 e. The zero-order valence-corrected chi connectivity index (χ0v) is 15.8. The van der Waals surface area contributed by atoms with Gasteiger partial charge in [0.2, 0.25) is 5.91 Å². The number of carbonyl (C=O) groups excluding carboxylic acids is 2. The molecule has 27 heavy (non-hydrogen) atoms. The number of methoxy groups -OCH3 is 1. The van der Waals surface area contributed by atoms with E-state index in [1.54, 1.807) is 48.8 Å². The molecule has 1 heterocycles. The molecule has 0 aliphatic carbocycles. The van der Waals surface area contributed by atoms with Gasteiger partial charge in [-0.15, -0.1) is 0 Å². The Morgan fingerprint density at radius 2 is 2.00 bits per heavy atom. The first-order valence-corrected chi connectivity index (χ1v) is 8.68. The van der Waals surface area contributed by atoms with Crippen LogP contribution in [-0.4, -0.2) is 30.5 Å². The fraction of sp³-hybridized carbons (Fsp3) is 0.105. The Kier molecular flexibility index (Phi) is 5.78. The highest BCUT2D eigenvalue weighted by Crippen LogP contribution is 2.34. The van der Waals surface area contributed by atoms with Gasteiger partial charge < -0.3 is 15.4 Å². The molecule has 0 aliphatic heterocycles. The van der Waals surface area contributed by atoms with Gasteiger partial charge in [0.25, 0.3) is 0 Å². The van der Waals surface area contributed by atoms with Crippen LogP contribution in [0.25, 0.3) is 10.8 Å². The van der Waals surface area contributed by atoms with E-state index in [-0.39, 0.29) is 12.5 Å². The standard InChI is InChI=1S/C19H15Cl2N3O3/c1-27-19(26)12-5-11-6-13(20)8-15(21)18(11)16(7-12)23-10-17(25)24-14-3-2-4-22-9-14/h2-9,23H,10H2,1H3,(H,24,25). The Labute approximate surface area is 165 Å².